The van der Waals surface area contributed by atoms with Gasteiger partial charge in [0, 0.05) is 45.0 Å². The maximum atomic E-state index is 12.7. The highest BCUT2D eigenvalue weighted by molar-refractivity contribution is 6.04. The Balaban J connectivity index is 1.71. The Hall–Kier alpha value is -3.09. The number of para-hydroxylation sites is 2. The van der Waals surface area contributed by atoms with Crippen LogP contribution in [0.15, 0.2) is 42.6 Å². The van der Waals surface area contributed by atoms with E-state index < -0.39 is 0 Å². The Morgan fingerprint density at radius 3 is 2.50 bits per heavy atom. The third-order valence-electron chi connectivity index (χ3n) is 4.56. The number of rotatable bonds is 5. The molecule has 2 heterocycles. The van der Waals surface area contributed by atoms with E-state index >= 15 is 0 Å². The number of hydrogen-bond donors (Lipinski definition) is 1. The number of carbonyl (C=O) groups excluding carboxylic acids is 2. The molecular weight excluding hydrogens is 356 g/mol. The molecule has 0 bridgehead atoms. The second kappa shape index (κ2) is 8.73. The molecular formula is C21H26N4O3. The first-order chi connectivity index (χ1) is 13.4. The van der Waals surface area contributed by atoms with Gasteiger partial charge in [-0.1, -0.05) is 12.1 Å². The summed E-state index contributed by atoms with van der Waals surface area (Å²) in [6, 6.07) is 11.0. The quantitative estimate of drug-likeness (QED) is 0.861. The highest BCUT2D eigenvalue weighted by atomic mass is 16.5. The number of carbonyl (C=O) groups is 2. The molecule has 0 saturated carbocycles. The molecule has 3 rings (SSSR count). The maximum absolute atomic E-state index is 12.7. The molecule has 1 aliphatic heterocycles. The number of pyridine rings is 1. The van der Waals surface area contributed by atoms with Crippen LogP contribution < -0.4 is 15.0 Å². The van der Waals surface area contributed by atoms with Crippen molar-refractivity contribution in [1.29, 1.82) is 0 Å². The molecule has 1 saturated heterocycles. The van der Waals surface area contributed by atoms with Crippen molar-refractivity contribution in [2.75, 3.05) is 36.4 Å². The second-order valence-electron chi connectivity index (χ2n) is 7.01. The van der Waals surface area contributed by atoms with E-state index in [9.17, 15) is 9.59 Å². The molecule has 2 aromatic rings. The Morgan fingerprint density at radius 1 is 1.11 bits per heavy atom. The van der Waals surface area contributed by atoms with Crippen LogP contribution in [0.5, 0.6) is 5.75 Å². The van der Waals surface area contributed by atoms with Gasteiger partial charge in [-0.25, -0.2) is 0 Å². The molecule has 2 amide bonds. The van der Waals surface area contributed by atoms with Crippen molar-refractivity contribution < 1.29 is 14.3 Å². The summed E-state index contributed by atoms with van der Waals surface area (Å²) >= 11 is 0. The second-order valence-corrected chi connectivity index (χ2v) is 7.01. The number of hydrogen-bond acceptors (Lipinski definition) is 5. The molecule has 1 N–H and O–H groups in total. The van der Waals surface area contributed by atoms with Crippen LogP contribution in [0.25, 0.3) is 0 Å². The molecule has 0 atom stereocenters. The van der Waals surface area contributed by atoms with Gasteiger partial charge in [-0.3, -0.25) is 14.6 Å². The van der Waals surface area contributed by atoms with Crippen LogP contribution in [-0.2, 0) is 4.79 Å². The van der Waals surface area contributed by atoms with Crippen molar-refractivity contribution in [3.05, 3.63) is 48.3 Å². The van der Waals surface area contributed by atoms with E-state index in [1.807, 2.05) is 43.0 Å². The molecule has 1 aromatic carbocycles. The van der Waals surface area contributed by atoms with Crippen molar-refractivity contribution in [2.24, 2.45) is 0 Å². The van der Waals surface area contributed by atoms with Gasteiger partial charge in [-0.2, -0.15) is 0 Å². The third kappa shape index (κ3) is 4.79. The average molecular weight is 382 g/mol. The van der Waals surface area contributed by atoms with Crippen LogP contribution in [0, 0.1) is 0 Å². The van der Waals surface area contributed by atoms with Gasteiger partial charge in [0.2, 0.25) is 5.91 Å². The number of ether oxygens (including phenoxy) is 1. The first-order valence-electron chi connectivity index (χ1n) is 9.47. The van der Waals surface area contributed by atoms with Gasteiger partial charge in [0.15, 0.2) is 0 Å². The third-order valence-corrected chi connectivity index (χ3v) is 4.56. The van der Waals surface area contributed by atoms with Crippen LogP contribution in [0.1, 0.15) is 31.3 Å². The Labute approximate surface area is 165 Å². The molecule has 1 fully saturated rings. The molecule has 0 aliphatic carbocycles. The van der Waals surface area contributed by atoms with Crippen molar-refractivity contribution >= 4 is 23.2 Å². The van der Waals surface area contributed by atoms with E-state index in [4.69, 9.17) is 4.74 Å². The first-order valence-corrected chi connectivity index (χ1v) is 9.47. The van der Waals surface area contributed by atoms with Gasteiger partial charge < -0.3 is 19.9 Å². The largest absolute Gasteiger partial charge is 0.489 e. The predicted molar refractivity (Wildman–Crippen MR) is 109 cm³/mol. The van der Waals surface area contributed by atoms with E-state index in [1.54, 1.807) is 25.3 Å². The summed E-state index contributed by atoms with van der Waals surface area (Å²) in [6.45, 7) is 8.29. The van der Waals surface area contributed by atoms with Gasteiger partial charge >= 0.3 is 0 Å². The lowest BCUT2D eigenvalue weighted by molar-refractivity contribution is -0.129. The van der Waals surface area contributed by atoms with Crippen LogP contribution in [0.4, 0.5) is 11.4 Å². The molecule has 0 radical (unpaired) electrons. The summed E-state index contributed by atoms with van der Waals surface area (Å²) in [5, 5.41) is 2.89. The van der Waals surface area contributed by atoms with E-state index in [2.05, 4.69) is 15.2 Å². The summed E-state index contributed by atoms with van der Waals surface area (Å²) in [4.78, 5) is 32.4. The topological polar surface area (TPSA) is 74.8 Å². The standard InChI is InChI=1S/C21H26N4O3/c1-15(2)28-20-7-5-4-6-18(20)23-21(27)19-14-17(8-9-22-19)25-12-10-24(11-13-25)16(3)26/h4-9,14-15H,10-13H2,1-3H3,(H,23,27). The fourth-order valence-corrected chi connectivity index (χ4v) is 3.13. The van der Waals surface area contributed by atoms with Crippen LogP contribution >= 0.6 is 0 Å². The summed E-state index contributed by atoms with van der Waals surface area (Å²) in [5.74, 6) is 0.433. The zero-order chi connectivity index (χ0) is 20.1. The van der Waals surface area contributed by atoms with Crippen molar-refractivity contribution in [1.82, 2.24) is 9.88 Å². The van der Waals surface area contributed by atoms with Crippen LogP contribution in [-0.4, -0.2) is 54.0 Å². The monoisotopic (exact) mass is 382 g/mol. The van der Waals surface area contributed by atoms with E-state index in [0.717, 1.165) is 18.8 Å². The SMILES string of the molecule is CC(=O)N1CCN(c2ccnc(C(=O)Nc3ccccc3OC(C)C)c2)CC1. The highest BCUT2D eigenvalue weighted by Gasteiger charge is 2.20. The lowest BCUT2D eigenvalue weighted by atomic mass is 10.2. The Morgan fingerprint density at radius 2 is 1.82 bits per heavy atom. The molecule has 7 heteroatoms. The van der Waals surface area contributed by atoms with Crippen molar-refractivity contribution in [3.63, 3.8) is 0 Å². The van der Waals surface area contributed by atoms with Gasteiger partial charge in [0.1, 0.15) is 11.4 Å². The molecule has 0 unspecified atom stereocenters. The van der Waals surface area contributed by atoms with Gasteiger partial charge in [0.05, 0.1) is 11.8 Å². The first kappa shape index (κ1) is 19.7. The average Bonchev–Trinajstić information content (AvgIpc) is 2.69. The smallest absolute Gasteiger partial charge is 0.274 e. The molecule has 7 nitrogen and oxygen atoms in total. The zero-order valence-corrected chi connectivity index (χ0v) is 16.5. The minimum atomic E-state index is -0.288. The van der Waals surface area contributed by atoms with Gasteiger partial charge in [-0.15, -0.1) is 0 Å². The fraction of sp³-hybridized carbons (Fsp3) is 0.381. The van der Waals surface area contributed by atoms with E-state index in [0.29, 0.717) is 30.2 Å². The number of benzene rings is 1. The minimum absolute atomic E-state index is 0.00757. The maximum Gasteiger partial charge on any atom is 0.274 e. The normalized spacial score (nSPS) is 14.1. The number of nitrogens with one attached hydrogen (secondary N) is 1. The lowest BCUT2D eigenvalue weighted by Crippen LogP contribution is -2.48. The highest BCUT2D eigenvalue weighted by Crippen LogP contribution is 2.26. The predicted octanol–water partition coefficient (Wildman–Crippen LogP) is 2.79. The number of aromatic nitrogens is 1. The minimum Gasteiger partial charge on any atom is -0.489 e. The summed E-state index contributed by atoms with van der Waals surface area (Å²) in [7, 11) is 0. The molecule has 1 aromatic heterocycles. The van der Waals surface area contributed by atoms with E-state index in [1.165, 1.54) is 0 Å². The zero-order valence-electron chi connectivity index (χ0n) is 16.5. The van der Waals surface area contributed by atoms with Crippen LogP contribution in [0.3, 0.4) is 0 Å². The van der Waals surface area contributed by atoms with Crippen LogP contribution in [0.2, 0.25) is 0 Å². The molecule has 148 valence electrons. The Bertz CT molecular complexity index is 845. The van der Waals surface area contributed by atoms with E-state index in [-0.39, 0.29) is 17.9 Å². The van der Waals surface area contributed by atoms with Crippen molar-refractivity contribution in [2.45, 2.75) is 26.9 Å². The number of nitrogens with zero attached hydrogens (tertiary/aromatic N) is 3. The molecule has 1 aliphatic rings. The lowest BCUT2D eigenvalue weighted by Gasteiger charge is -2.35. The summed E-state index contributed by atoms with van der Waals surface area (Å²) in [6.07, 6.45) is 1.64. The van der Waals surface area contributed by atoms with Gasteiger partial charge in [0.25, 0.3) is 5.91 Å². The number of amides is 2. The number of piperazine rings is 1. The van der Waals surface area contributed by atoms with Crippen molar-refractivity contribution in [3.8, 4) is 5.75 Å². The Kier molecular flexibility index (Phi) is 6.13. The fourth-order valence-electron chi connectivity index (χ4n) is 3.13. The summed E-state index contributed by atoms with van der Waals surface area (Å²) in [5.41, 5.74) is 1.88. The number of anilines is 2. The summed E-state index contributed by atoms with van der Waals surface area (Å²) < 4.78 is 5.75. The molecule has 28 heavy (non-hydrogen) atoms. The van der Waals surface area contributed by atoms with Gasteiger partial charge in [-0.05, 0) is 38.1 Å². The molecule has 0 spiro atoms.